The van der Waals surface area contributed by atoms with E-state index in [0.717, 1.165) is 21.3 Å². The molecule has 23 heavy (non-hydrogen) atoms. The van der Waals surface area contributed by atoms with Crippen molar-refractivity contribution in [2.45, 2.75) is 27.4 Å². The van der Waals surface area contributed by atoms with Gasteiger partial charge in [-0.3, -0.25) is 5.32 Å². The van der Waals surface area contributed by atoms with Crippen molar-refractivity contribution in [3.8, 4) is 5.75 Å². The molecule has 1 amide bonds. The number of ether oxygens (including phenoxy) is 2. The van der Waals surface area contributed by atoms with Crippen molar-refractivity contribution >= 4 is 27.7 Å². The summed E-state index contributed by atoms with van der Waals surface area (Å²) in [6.07, 6.45) is -0.470. The van der Waals surface area contributed by atoms with Gasteiger partial charge >= 0.3 is 6.09 Å². The van der Waals surface area contributed by atoms with Crippen LogP contribution in [-0.4, -0.2) is 12.7 Å². The third-order valence-electron chi connectivity index (χ3n) is 3.29. The third-order valence-corrected chi connectivity index (χ3v) is 3.79. The summed E-state index contributed by atoms with van der Waals surface area (Å²) in [6, 6.07) is 11.7. The van der Waals surface area contributed by atoms with Crippen molar-refractivity contribution in [1.29, 1.82) is 0 Å². The van der Waals surface area contributed by atoms with Gasteiger partial charge in [-0.05, 0) is 50.6 Å². The molecule has 0 fully saturated rings. The second kappa shape index (κ2) is 8.02. The number of anilines is 1. The van der Waals surface area contributed by atoms with Gasteiger partial charge in [-0.2, -0.15) is 0 Å². The molecule has 5 heteroatoms. The first-order valence-electron chi connectivity index (χ1n) is 7.42. The fourth-order valence-corrected chi connectivity index (χ4v) is 2.61. The topological polar surface area (TPSA) is 47.6 Å². The second-order valence-corrected chi connectivity index (χ2v) is 6.12. The van der Waals surface area contributed by atoms with Gasteiger partial charge in [0.05, 0.1) is 12.3 Å². The Bertz CT molecular complexity index is 701. The van der Waals surface area contributed by atoms with Crippen molar-refractivity contribution in [3.05, 3.63) is 57.6 Å². The Morgan fingerprint density at radius 3 is 2.65 bits per heavy atom. The summed E-state index contributed by atoms with van der Waals surface area (Å²) in [5.41, 5.74) is 3.82. The molecule has 0 saturated heterocycles. The lowest BCUT2D eigenvalue weighted by Crippen LogP contribution is -2.15. The van der Waals surface area contributed by atoms with Gasteiger partial charge in [0.25, 0.3) is 0 Å². The molecule has 2 aromatic rings. The highest BCUT2D eigenvalue weighted by Gasteiger charge is 2.09. The maximum atomic E-state index is 11.6. The van der Waals surface area contributed by atoms with Gasteiger partial charge in [0.2, 0.25) is 0 Å². The predicted molar refractivity (Wildman–Crippen MR) is 95.0 cm³/mol. The first-order chi connectivity index (χ1) is 11.0. The Labute approximate surface area is 144 Å². The van der Waals surface area contributed by atoms with Gasteiger partial charge < -0.3 is 9.47 Å². The Morgan fingerprint density at radius 2 is 1.96 bits per heavy atom. The average molecular weight is 378 g/mol. The summed E-state index contributed by atoms with van der Waals surface area (Å²) in [4.78, 5) is 11.6. The van der Waals surface area contributed by atoms with Crippen LogP contribution in [0, 0.1) is 13.8 Å². The SMILES string of the molecule is CCOC(=O)Nc1ccc(Br)cc1COc1ccc(C)cc1C. The Morgan fingerprint density at radius 1 is 1.17 bits per heavy atom. The maximum Gasteiger partial charge on any atom is 0.411 e. The average Bonchev–Trinajstić information content (AvgIpc) is 2.49. The summed E-state index contributed by atoms with van der Waals surface area (Å²) < 4.78 is 11.7. The lowest BCUT2D eigenvalue weighted by molar-refractivity contribution is 0.168. The fraction of sp³-hybridized carbons (Fsp3) is 0.278. The number of hydrogen-bond acceptors (Lipinski definition) is 3. The van der Waals surface area contributed by atoms with Crippen molar-refractivity contribution in [2.24, 2.45) is 0 Å². The summed E-state index contributed by atoms with van der Waals surface area (Å²) in [5.74, 6) is 0.831. The van der Waals surface area contributed by atoms with Crippen LogP contribution in [0.5, 0.6) is 5.75 Å². The Balaban J connectivity index is 2.14. The van der Waals surface area contributed by atoms with Crippen LogP contribution >= 0.6 is 15.9 Å². The van der Waals surface area contributed by atoms with E-state index in [-0.39, 0.29) is 0 Å². The lowest BCUT2D eigenvalue weighted by atomic mass is 10.1. The van der Waals surface area contributed by atoms with Crippen molar-refractivity contribution in [3.63, 3.8) is 0 Å². The quantitative estimate of drug-likeness (QED) is 0.777. The first-order valence-corrected chi connectivity index (χ1v) is 8.21. The number of rotatable bonds is 5. The highest BCUT2D eigenvalue weighted by molar-refractivity contribution is 9.10. The molecule has 2 rings (SSSR count). The first kappa shape index (κ1) is 17.3. The molecule has 122 valence electrons. The summed E-state index contributed by atoms with van der Waals surface area (Å²) in [5, 5.41) is 2.74. The number of halogens is 1. The summed E-state index contributed by atoms with van der Waals surface area (Å²) >= 11 is 3.44. The van der Waals surface area contributed by atoms with Crippen LogP contribution < -0.4 is 10.1 Å². The van der Waals surface area contributed by atoms with E-state index in [1.807, 2.05) is 44.2 Å². The van der Waals surface area contributed by atoms with E-state index in [4.69, 9.17) is 9.47 Å². The number of carbonyl (C=O) groups excluding carboxylic acids is 1. The van der Waals surface area contributed by atoms with Crippen LogP contribution in [0.15, 0.2) is 40.9 Å². The van der Waals surface area contributed by atoms with Gasteiger partial charge in [0.1, 0.15) is 12.4 Å². The zero-order valence-electron chi connectivity index (χ0n) is 13.5. The van der Waals surface area contributed by atoms with Crippen LogP contribution in [0.1, 0.15) is 23.6 Å². The minimum atomic E-state index is -0.470. The number of nitrogens with one attached hydrogen (secondary N) is 1. The van der Waals surface area contributed by atoms with E-state index >= 15 is 0 Å². The standard InChI is InChI=1S/C18H20BrNO3/c1-4-22-18(21)20-16-7-6-15(19)10-14(16)11-23-17-8-5-12(2)9-13(17)3/h5-10H,4,11H2,1-3H3,(H,20,21). The molecule has 0 saturated carbocycles. The monoisotopic (exact) mass is 377 g/mol. The highest BCUT2D eigenvalue weighted by Crippen LogP contribution is 2.25. The van der Waals surface area contributed by atoms with Gasteiger partial charge in [0, 0.05) is 10.0 Å². The van der Waals surface area contributed by atoms with E-state index in [1.54, 1.807) is 6.92 Å². The molecular formula is C18H20BrNO3. The van der Waals surface area contributed by atoms with Crippen LogP contribution in [0.25, 0.3) is 0 Å². The van der Waals surface area contributed by atoms with Gasteiger partial charge in [0.15, 0.2) is 0 Å². The molecule has 0 spiro atoms. The zero-order chi connectivity index (χ0) is 16.8. The fourth-order valence-electron chi connectivity index (χ4n) is 2.20. The molecule has 0 aliphatic rings. The molecular weight excluding hydrogens is 358 g/mol. The van der Waals surface area contributed by atoms with E-state index in [0.29, 0.717) is 18.9 Å². The maximum absolute atomic E-state index is 11.6. The Kier molecular flexibility index (Phi) is 6.04. The molecule has 0 heterocycles. The molecule has 1 N–H and O–H groups in total. The largest absolute Gasteiger partial charge is 0.489 e. The molecule has 4 nitrogen and oxygen atoms in total. The predicted octanol–water partition coefficient (Wildman–Crippen LogP) is 5.21. The molecule has 0 aliphatic heterocycles. The minimum Gasteiger partial charge on any atom is -0.489 e. The molecule has 0 radical (unpaired) electrons. The van der Waals surface area contributed by atoms with E-state index in [1.165, 1.54) is 5.56 Å². The van der Waals surface area contributed by atoms with Gasteiger partial charge in [-0.1, -0.05) is 33.6 Å². The molecule has 0 unspecified atom stereocenters. The van der Waals surface area contributed by atoms with Crippen LogP contribution in [0.2, 0.25) is 0 Å². The lowest BCUT2D eigenvalue weighted by Gasteiger charge is -2.14. The normalized spacial score (nSPS) is 10.3. The molecule has 2 aromatic carbocycles. The van der Waals surface area contributed by atoms with Crippen LogP contribution in [0.3, 0.4) is 0 Å². The van der Waals surface area contributed by atoms with E-state index < -0.39 is 6.09 Å². The van der Waals surface area contributed by atoms with Crippen LogP contribution in [0.4, 0.5) is 10.5 Å². The number of carbonyl (C=O) groups is 1. The Hall–Kier alpha value is -2.01. The highest BCUT2D eigenvalue weighted by atomic mass is 79.9. The molecule has 0 aliphatic carbocycles. The molecule has 0 atom stereocenters. The molecule has 0 bridgehead atoms. The number of amides is 1. The smallest absolute Gasteiger partial charge is 0.411 e. The number of aryl methyl sites for hydroxylation is 2. The van der Waals surface area contributed by atoms with E-state index in [2.05, 4.69) is 27.3 Å². The van der Waals surface area contributed by atoms with Gasteiger partial charge in [-0.15, -0.1) is 0 Å². The number of hydrogen-bond donors (Lipinski definition) is 1. The summed E-state index contributed by atoms with van der Waals surface area (Å²) in [6.45, 7) is 6.51. The minimum absolute atomic E-state index is 0.330. The number of benzene rings is 2. The third kappa shape index (κ3) is 4.99. The van der Waals surface area contributed by atoms with E-state index in [9.17, 15) is 4.79 Å². The summed E-state index contributed by atoms with van der Waals surface area (Å²) in [7, 11) is 0. The molecule has 0 aromatic heterocycles. The zero-order valence-corrected chi connectivity index (χ0v) is 15.1. The van der Waals surface area contributed by atoms with Crippen molar-refractivity contribution < 1.29 is 14.3 Å². The van der Waals surface area contributed by atoms with Crippen molar-refractivity contribution in [1.82, 2.24) is 0 Å². The van der Waals surface area contributed by atoms with Gasteiger partial charge in [-0.25, -0.2) is 4.79 Å². The van der Waals surface area contributed by atoms with Crippen molar-refractivity contribution in [2.75, 3.05) is 11.9 Å². The van der Waals surface area contributed by atoms with Crippen LogP contribution in [-0.2, 0) is 11.3 Å². The second-order valence-electron chi connectivity index (χ2n) is 5.20.